The summed E-state index contributed by atoms with van der Waals surface area (Å²) >= 11 is 1.28. The molecule has 1 aromatic heterocycles. The summed E-state index contributed by atoms with van der Waals surface area (Å²) in [6, 6.07) is 0.533. The van der Waals surface area contributed by atoms with Gasteiger partial charge in [0.15, 0.2) is 5.13 Å². The summed E-state index contributed by atoms with van der Waals surface area (Å²) in [6.07, 6.45) is 13.6. The molecule has 1 aromatic rings. The summed E-state index contributed by atoms with van der Waals surface area (Å²) in [5.74, 6) is 0. The fourth-order valence-corrected chi connectivity index (χ4v) is 4.91. The second-order valence-corrected chi connectivity index (χ2v) is 9.93. The third-order valence-corrected chi connectivity index (χ3v) is 6.40. The summed E-state index contributed by atoms with van der Waals surface area (Å²) in [6.45, 7) is 0. The van der Waals surface area contributed by atoms with Crippen molar-refractivity contribution in [3.05, 3.63) is 11.1 Å². The average Bonchev–Trinajstić information content (AvgIpc) is 3.10. The molecule has 8 nitrogen and oxygen atoms in total. The molecule has 0 saturated heterocycles. The largest absolute Gasteiger partial charge is 0.325 e. The average molecular weight is 429 g/mol. The van der Waals surface area contributed by atoms with E-state index in [1.54, 1.807) is 5.38 Å². The van der Waals surface area contributed by atoms with Crippen molar-refractivity contribution in [3.63, 3.8) is 0 Å². The Labute approximate surface area is 170 Å². The van der Waals surface area contributed by atoms with E-state index in [1.165, 1.54) is 56.1 Å². The van der Waals surface area contributed by atoms with E-state index in [1.807, 2.05) is 0 Å². The Morgan fingerprint density at radius 3 is 2.29 bits per heavy atom. The number of oxime groups is 1. The smallest absolute Gasteiger partial charge is 0.319 e. The highest BCUT2D eigenvalue weighted by atomic mass is 32.2. The standard InChI is InChI=1S/C18H28N4O4S2/c1-28(24,25)26-19-12-14-13-27-17(20-14)21-18(23)22(15-8-4-2-5-9-15)16-10-6-3-7-11-16/h12-13,15-16H,2-11H2,1H3,(H,20,21,23). The Morgan fingerprint density at radius 2 is 1.75 bits per heavy atom. The molecule has 1 heterocycles. The number of hydrogen-bond acceptors (Lipinski definition) is 7. The van der Waals surface area contributed by atoms with Crippen molar-refractivity contribution < 1.29 is 17.5 Å². The van der Waals surface area contributed by atoms with Crippen LogP contribution in [0.25, 0.3) is 0 Å². The van der Waals surface area contributed by atoms with E-state index < -0.39 is 10.1 Å². The van der Waals surface area contributed by atoms with E-state index >= 15 is 0 Å². The van der Waals surface area contributed by atoms with Gasteiger partial charge in [-0.2, -0.15) is 8.42 Å². The van der Waals surface area contributed by atoms with Crippen molar-refractivity contribution in [2.24, 2.45) is 5.16 Å². The van der Waals surface area contributed by atoms with E-state index in [-0.39, 0.29) is 6.03 Å². The van der Waals surface area contributed by atoms with E-state index in [0.717, 1.165) is 31.9 Å². The molecule has 2 aliphatic carbocycles. The predicted molar refractivity (Wildman–Crippen MR) is 110 cm³/mol. The van der Waals surface area contributed by atoms with Crippen molar-refractivity contribution in [2.45, 2.75) is 76.3 Å². The number of thiazole rings is 1. The maximum Gasteiger partial charge on any atom is 0.325 e. The molecule has 0 radical (unpaired) electrons. The normalized spacial score (nSPS) is 19.6. The lowest BCUT2D eigenvalue weighted by Crippen LogP contribution is -2.50. The Bertz CT molecular complexity index is 763. The first-order valence-electron chi connectivity index (χ1n) is 9.89. The molecule has 0 aromatic carbocycles. The Morgan fingerprint density at radius 1 is 1.18 bits per heavy atom. The van der Waals surface area contributed by atoms with E-state index in [4.69, 9.17) is 0 Å². The first-order chi connectivity index (χ1) is 13.4. The SMILES string of the molecule is CS(=O)(=O)ON=Cc1csc(NC(=O)N(C2CCCCC2)C2CCCCC2)n1. The van der Waals surface area contributed by atoms with Gasteiger partial charge in [-0.05, 0) is 25.7 Å². The van der Waals surface area contributed by atoms with Crippen LogP contribution in [0.15, 0.2) is 10.5 Å². The molecule has 0 spiro atoms. The lowest BCUT2D eigenvalue weighted by molar-refractivity contribution is 0.114. The minimum absolute atomic E-state index is 0.0796. The zero-order chi connectivity index (χ0) is 20.0. The molecular formula is C18H28N4O4S2. The first kappa shape index (κ1) is 21.0. The van der Waals surface area contributed by atoms with Crippen LogP contribution in [0.1, 0.15) is 69.9 Å². The van der Waals surface area contributed by atoms with Crippen LogP contribution in [-0.2, 0) is 14.4 Å². The van der Waals surface area contributed by atoms with Gasteiger partial charge in [-0.15, -0.1) is 11.3 Å². The predicted octanol–water partition coefficient (Wildman–Crippen LogP) is 3.95. The fourth-order valence-electron chi connectivity index (χ4n) is 4.06. The molecule has 2 aliphatic rings. The van der Waals surface area contributed by atoms with Gasteiger partial charge in [-0.25, -0.2) is 9.78 Å². The van der Waals surface area contributed by atoms with Crippen molar-refractivity contribution in [3.8, 4) is 0 Å². The molecule has 10 heteroatoms. The third kappa shape index (κ3) is 6.16. The summed E-state index contributed by atoms with van der Waals surface area (Å²) in [5.41, 5.74) is 0.436. The maximum atomic E-state index is 13.1. The van der Waals surface area contributed by atoms with Gasteiger partial charge in [0.05, 0.1) is 18.2 Å². The van der Waals surface area contributed by atoms with E-state index in [9.17, 15) is 13.2 Å². The number of rotatable bonds is 6. The van der Waals surface area contributed by atoms with Crippen LogP contribution in [0, 0.1) is 0 Å². The molecule has 3 rings (SSSR count). The van der Waals surface area contributed by atoms with Crippen LogP contribution in [0.5, 0.6) is 0 Å². The minimum Gasteiger partial charge on any atom is -0.319 e. The van der Waals surface area contributed by atoms with E-state index in [2.05, 4.69) is 24.6 Å². The Hall–Kier alpha value is -1.68. The second-order valence-electron chi connectivity index (χ2n) is 7.51. The van der Waals surface area contributed by atoms with Crippen LogP contribution in [-0.4, -0.2) is 48.9 Å². The van der Waals surface area contributed by atoms with Crippen molar-refractivity contribution in [1.29, 1.82) is 0 Å². The quantitative estimate of drug-likeness (QED) is 0.546. The van der Waals surface area contributed by atoms with Gasteiger partial charge < -0.3 is 4.90 Å². The van der Waals surface area contributed by atoms with Crippen LogP contribution >= 0.6 is 11.3 Å². The number of nitrogens with zero attached hydrogens (tertiary/aromatic N) is 3. The minimum atomic E-state index is -3.64. The van der Waals surface area contributed by atoms with Gasteiger partial charge in [0.25, 0.3) is 0 Å². The second kappa shape index (κ2) is 9.69. The number of anilines is 1. The zero-order valence-electron chi connectivity index (χ0n) is 16.2. The fraction of sp³-hybridized carbons (Fsp3) is 0.722. The number of amides is 2. The van der Waals surface area contributed by atoms with Gasteiger partial charge in [0.1, 0.15) is 0 Å². The van der Waals surface area contributed by atoms with Gasteiger partial charge in [0, 0.05) is 17.5 Å². The molecule has 2 saturated carbocycles. The van der Waals surface area contributed by atoms with Gasteiger partial charge in [-0.3, -0.25) is 9.60 Å². The van der Waals surface area contributed by atoms with Crippen LogP contribution in [0.2, 0.25) is 0 Å². The highest BCUT2D eigenvalue weighted by Crippen LogP contribution is 2.31. The molecular weight excluding hydrogens is 400 g/mol. The molecule has 156 valence electrons. The Kier molecular flexibility index (Phi) is 7.28. The number of nitrogens with one attached hydrogen (secondary N) is 1. The monoisotopic (exact) mass is 428 g/mol. The third-order valence-electron chi connectivity index (χ3n) is 5.27. The van der Waals surface area contributed by atoms with Crippen LogP contribution < -0.4 is 5.32 Å². The van der Waals surface area contributed by atoms with Gasteiger partial charge in [0.2, 0.25) is 0 Å². The highest BCUT2D eigenvalue weighted by Gasteiger charge is 2.32. The lowest BCUT2D eigenvalue weighted by atomic mass is 9.89. The summed E-state index contributed by atoms with van der Waals surface area (Å²) in [4.78, 5) is 19.5. The molecule has 2 fully saturated rings. The Balaban J connectivity index is 1.66. The van der Waals surface area contributed by atoms with Gasteiger partial charge >= 0.3 is 16.1 Å². The van der Waals surface area contributed by atoms with Gasteiger partial charge in [-0.1, -0.05) is 43.7 Å². The molecule has 2 amide bonds. The zero-order valence-corrected chi connectivity index (χ0v) is 17.8. The van der Waals surface area contributed by atoms with Crippen LogP contribution in [0.3, 0.4) is 0 Å². The molecule has 28 heavy (non-hydrogen) atoms. The topological polar surface area (TPSA) is 101 Å². The molecule has 1 N–H and O–H groups in total. The molecule has 0 aliphatic heterocycles. The summed E-state index contributed by atoms with van der Waals surface area (Å²) in [7, 11) is -3.64. The molecule has 0 atom stereocenters. The van der Waals surface area contributed by atoms with Crippen molar-refractivity contribution in [2.75, 3.05) is 11.6 Å². The maximum absolute atomic E-state index is 13.1. The number of carbonyl (C=O) groups is 1. The summed E-state index contributed by atoms with van der Waals surface area (Å²) < 4.78 is 26.2. The number of carbonyl (C=O) groups excluding carboxylic acids is 1. The molecule has 0 unspecified atom stereocenters. The van der Waals surface area contributed by atoms with Crippen LogP contribution in [0.4, 0.5) is 9.93 Å². The highest BCUT2D eigenvalue weighted by molar-refractivity contribution is 7.85. The number of urea groups is 1. The molecule has 0 bridgehead atoms. The van der Waals surface area contributed by atoms with E-state index in [0.29, 0.717) is 22.9 Å². The number of aromatic nitrogens is 1. The van der Waals surface area contributed by atoms with Crippen molar-refractivity contribution in [1.82, 2.24) is 9.88 Å². The lowest BCUT2D eigenvalue weighted by Gasteiger charge is -2.41. The number of hydrogen-bond donors (Lipinski definition) is 1. The summed E-state index contributed by atoms with van der Waals surface area (Å²) in [5, 5.41) is 8.50. The first-order valence-corrected chi connectivity index (χ1v) is 12.6. The van der Waals surface area contributed by atoms with Crippen molar-refractivity contribution >= 4 is 38.8 Å².